The highest BCUT2D eigenvalue weighted by Crippen LogP contribution is 2.11. The molecule has 0 fully saturated rings. The first-order valence-electron chi connectivity index (χ1n) is 2.10. The molecule has 0 saturated heterocycles. The summed E-state index contributed by atoms with van der Waals surface area (Å²) in [6.45, 7) is 0. The fourth-order valence-electron chi connectivity index (χ4n) is 0.399. The molecular formula is C4H4O3S2. The monoisotopic (exact) mass is 164 g/mol. The molecule has 5 heteroatoms. The van der Waals surface area contributed by atoms with Crippen LogP contribution in [0.1, 0.15) is 0 Å². The van der Waals surface area contributed by atoms with Crippen LogP contribution in [0.2, 0.25) is 0 Å². The van der Waals surface area contributed by atoms with Gasteiger partial charge in [-0.2, -0.15) is 19.8 Å². The van der Waals surface area contributed by atoms with Gasteiger partial charge in [0.25, 0.3) is 10.1 Å². The van der Waals surface area contributed by atoms with E-state index in [0.29, 0.717) is 0 Å². The van der Waals surface area contributed by atoms with Crippen LogP contribution in [0, 0.1) is 0 Å². The third kappa shape index (κ3) is 1.51. The molecule has 0 radical (unpaired) electrons. The zero-order valence-corrected chi connectivity index (χ0v) is 5.95. The number of rotatable bonds is 1. The van der Waals surface area contributed by atoms with Gasteiger partial charge in [-0.05, 0) is 11.4 Å². The van der Waals surface area contributed by atoms with Crippen molar-refractivity contribution in [2.24, 2.45) is 0 Å². The summed E-state index contributed by atoms with van der Waals surface area (Å²) in [6, 6.07) is 1.35. The van der Waals surface area contributed by atoms with E-state index in [2.05, 4.69) is 0 Å². The van der Waals surface area contributed by atoms with Crippen LogP contribution in [0.15, 0.2) is 21.7 Å². The topological polar surface area (TPSA) is 54.4 Å². The van der Waals surface area contributed by atoms with E-state index in [0.717, 1.165) is 0 Å². The minimum atomic E-state index is -3.95. The Morgan fingerprint density at radius 2 is 2.22 bits per heavy atom. The number of hydrogen-bond acceptors (Lipinski definition) is 3. The predicted molar refractivity (Wildman–Crippen MR) is 34.1 cm³/mol. The van der Waals surface area contributed by atoms with Gasteiger partial charge in [-0.1, -0.05) is 0 Å². The Morgan fingerprint density at radius 3 is 2.44 bits per heavy atom. The third-order valence-electron chi connectivity index (χ3n) is 0.793. The summed E-state index contributed by atoms with van der Waals surface area (Å²) in [7, 11) is -3.95. The molecule has 0 atom stereocenters. The Bertz CT molecular complexity index is 271. The van der Waals surface area contributed by atoms with Crippen LogP contribution in [-0.4, -0.2) is 13.0 Å². The summed E-state index contributed by atoms with van der Waals surface area (Å²) in [5.41, 5.74) is 0. The lowest BCUT2D eigenvalue weighted by Gasteiger charge is -1.85. The van der Waals surface area contributed by atoms with Crippen LogP contribution in [0.25, 0.3) is 0 Å². The van der Waals surface area contributed by atoms with Crippen molar-refractivity contribution >= 4 is 21.5 Å². The van der Waals surface area contributed by atoms with Crippen molar-refractivity contribution in [1.82, 2.24) is 0 Å². The van der Waals surface area contributed by atoms with Crippen molar-refractivity contribution < 1.29 is 13.0 Å². The lowest BCUT2D eigenvalue weighted by Crippen LogP contribution is -1.94. The second-order valence-electron chi connectivity index (χ2n) is 1.43. The molecule has 0 aliphatic rings. The van der Waals surface area contributed by atoms with Crippen molar-refractivity contribution in [3.8, 4) is 0 Å². The Labute approximate surface area is 56.7 Å². The van der Waals surface area contributed by atoms with E-state index >= 15 is 0 Å². The highest BCUT2D eigenvalue weighted by Gasteiger charge is 2.07. The quantitative estimate of drug-likeness (QED) is 0.630. The molecule has 9 heavy (non-hydrogen) atoms. The summed E-state index contributed by atoms with van der Waals surface area (Å²) in [4.78, 5) is -0.0347. The summed E-state index contributed by atoms with van der Waals surface area (Å²) < 4.78 is 28.9. The van der Waals surface area contributed by atoms with Gasteiger partial charge in [0.05, 0.1) is 0 Å². The normalized spacial score (nSPS) is 11.7. The average molecular weight is 164 g/mol. The van der Waals surface area contributed by atoms with Gasteiger partial charge in [0.1, 0.15) is 4.90 Å². The van der Waals surface area contributed by atoms with Crippen molar-refractivity contribution in [2.45, 2.75) is 4.90 Å². The Balaban J connectivity index is 3.20. The van der Waals surface area contributed by atoms with E-state index in [1.807, 2.05) is 0 Å². The molecule has 0 aliphatic carbocycles. The van der Waals surface area contributed by atoms with E-state index in [1.165, 1.54) is 22.8 Å². The lowest BCUT2D eigenvalue weighted by molar-refractivity contribution is 0.483. The maximum absolute atomic E-state index is 10.3. The summed E-state index contributed by atoms with van der Waals surface area (Å²) in [6.07, 6.45) is 0. The van der Waals surface area contributed by atoms with E-state index in [1.54, 1.807) is 5.38 Å². The van der Waals surface area contributed by atoms with E-state index in [-0.39, 0.29) is 4.90 Å². The maximum atomic E-state index is 10.3. The Morgan fingerprint density at radius 1 is 1.56 bits per heavy atom. The minimum absolute atomic E-state index is 0.0347. The molecule has 0 amide bonds. The van der Waals surface area contributed by atoms with Crippen molar-refractivity contribution in [3.63, 3.8) is 0 Å². The Hall–Kier alpha value is -0.390. The first kappa shape index (κ1) is 6.73. The van der Waals surface area contributed by atoms with Gasteiger partial charge in [0.15, 0.2) is 0 Å². The van der Waals surface area contributed by atoms with Gasteiger partial charge in [0.2, 0.25) is 0 Å². The fourth-order valence-corrected chi connectivity index (χ4v) is 1.89. The summed E-state index contributed by atoms with van der Waals surface area (Å²) >= 11 is 1.23. The van der Waals surface area contributed by atoms with Crippen LogP contribution < -0.4 is 0 Å². The zero-order valence-electron chi connectivity index (χ0n) is 4.31. The Kier molecular flexibility index (Phi) is 1.56. The molecule has 50 valence electrons. The second kappa shape index (κ2) is 2.09. The maximum Gasteiger partial charge on any atom is 0.295 e. The SMILES string of the molecule is O=S(=O)(O)c1ccsc1. The minimum Gasteiger partial charge on any atom is -0.282 e. The summed E-state index contributed by atoms with van der Waals surface area (Å²) in [5.74, 6) is 0. The molecule has 0 saturated carbocycles. The molecular weight excluding hydrogens is 160 g/mol. The van der Waals surface area contributed by atoms with Gasteiger partial charge in [-0.15, -0.1) is 0 Å². The second-order valence-corrected chi connectivity index (χ2v) is 3.64. The van der Waals surface area contributed by atoms with Crippen molar-refractivity contribution in [1.29, 1.82) is 0 Å². The molecule has 1 N–H and O–H groups in total. The van der Waals surface area contributed by atoms with Crippen molar-refractivity contribution in [2.75, 3.05) is 0 Å². The van der Waals surface area contributed by atoms with Crippen molar-refractivity contribution in [3.05, 3.63) is 16.8 Å². The van der Waals surface area contributed by atoms with Crippen LogP contribution >= 0.6 is 11.3 Å². The predicted octanol–water partition coefficient (Wildman–Crippen LogP) is 0.995. The van der Waals surface area contributed by atoms with Crippen LogP contribution in [0.3, 0.4) is 0 Å². The third-order valence-corrected chi connectivity index (χ3v) is 2.48. The van der Waals surface area contributed by atoms with Gasteiger partial charge in [0, 0.05) is 5.38 Å². The molecule has 0 bridgehead atoms. The summed E-state index contributed by atoms with van der Waals surface area (Å²) in [5, 5.41) is 2.96. The van der Waals surface area contributed by atoms with E-state index in [9.17, 15) is 8.42 Å². The van der Waals surface area contributed by atoms with E-state index in [4.69, 9.17) is 4.55 Å². The van der Waals surface area contributed by atoms with Crippen LogP contribution in [-0.2, 0) is 10.1 Å². The zero-order chi connectivity index (χ0) is 6.91. The average Bonchev–Trinajstić information content (AvgIpc) is 2.08. The smallest absolute Gasteiger partial charge is 0.282 e. The van der Waals surface area contributed by atoms with Gasteiger partial charge in [-0.3, -0.25) is 4.55 Å². The molecule has 1 aromatic rings. The largest absolute Gasteiger partial charge is 0.295 e. The molecule has 1 rings (SSSR count). The van der Waals surface area contributed by atoms with Gasteiger partial charge >= 0.3 is 0 Å². The standard InChI is InChI=1S/C4H4O3S2/c5-9(6,7)4-1-2-8-3-4/h1-3H,(H,5,6,7). The van der Waals surface area contributed by atoms with E-state index < -0.39 is 10.1 Å². The molecule has 0 unspecified atom stereocenters. The number of hydrogen-bond donors (Lipinski definition) is 1. The molecule has 3 nitrogen and oxygen atoms in total. The molecule has 0 aromatic carbocycles. The number of thiophene rings is 1. The fraction of sp³-hybridized carbons (Fsp3) is 0. The highest BCUT2D eigenvalue weighted by atomic mass is 32.2. The molecule has 1 aromatic heterocycles. The first-order chi connectivity index (χ1) is 4.11. The van der Waals surface area contributed by atoms with Crippen LogP contribution in [0.4, 0.5) is 0 Å². The highest BCUT2D eigenvalue weighted by molar-refractivity contribution is 7.86. The lowest BCUT2D eigenvalue weighted by atomic mass is 10.7. The molecule has 0 aliphatic heterocycles. The first-order valence-corrected chi connectivity index (χ1v) is 4.48. The van der Waals surface area contributed by atoms with Crippen LogP contribution in [0.5, 0.6) is 0 Å². The molecule has 0 spiro atoms. The van der Waals surface area contributed by atoms with Gasteiger partial charge < -0.3 is 0 Å². The molecule has 1 heterocycles. The van der Waals surface area contributed by atoms with Gasteiger partial charge in [-0.25, -0.2) is 0 Å².